The Bertz CT molecular complexity index is 324. The average molecular weight is 230 g/mol. The summed E-state index contributed by atoms with van der Waals surface area (Å²) < 4.78 is 3.61. The lowest BCUT2D eigenvalue weighted by atomic mass is 10.3. The van der Waals surface area contributed by atoms with Gasteiger partial charge in [0.1, 0.15) is 0 Å². The highest BCUT2D eigenvalue weighted by atomic mass is 32.1. The predicted octanol–water partition coefficient (Wildman–Crippen LogP) is 0.286. The predicted molar refractivity (Wildman–Crippen MR) is 58.3 cm³/mol. The molecule has 0 aliphatic rings. The zero-order valence-electron chi connectivity index (χ0n) is 7.64. The third kappa shape index (κ3) is 3.00. The molecule has 2 N–H and O–H groups in total. The second-order valence-electron chi connectivity index (χ2n) is 2.73. The van der Waals surface area contributed by atoms with Gasteiger partial charge in [-0.2, -0.15) is 0 Å². The van der Waals surface area contributed by atoms with Crippen molar-refractivity contribution in [3.8, 4) is 0 Å². The lowest BCUT2D eigenvalue weighted by Crippen LogP contribution is -2.30. The van der Waals surface area contributed by atoms with Crippen molar-refractivity contribution in [1.29, 1.82) is 0 Å². The fourth-order valence-corrected chi connectivity index (χ4v) is 1.35. The van der Waals surface area contributed by atoms with Gasteiger partial charge >= 0.3 is 0 Å². The minimum absolute atomic E-state index is 0.157. The Morgan fingerprint density at radius 1 is 1.79 bits per heavy atom. The molecule has 0 spiro atoms. The monoisotopic (exact) mass is 230 g/mol. The third-order valence-electron chi connectivity index (χ3n) is 1.62. The molecule has 0 aliphatic heterocycles. The van der Waals surface area contributed by atoms with E-state index in [4.69, 9.17) is 18.0 Å². The fraction of sp³-hybridized carbons (Fsp3) is 0.429. The van der Waals surface area contributed by atoms with Gasteiger partial charge in [-0.15, -0.1) is 5.10 Å². The molecular weight excluding hydrogens is 220 g/mol. The zero-order chi connectivity index (χ0) is 10.6. The first-order chi connectivity index (χ1) is 6.61. The van der Waals surface area contributed by atoms with Crippen LogP contribution in [0.4, 0.5) is 0 Å². The highest BCUT2D eigenvalue weighted by molar-refractivity contribution is 7.80. The molecule has 0 atom stereocenters. The van der Waals surface area contributed by atoms with Gasteiger partial charge in [-0.25, -0.2) is 0 Å². The summed E-state index contributed by atoms with van der Waals surface area (Å²) in [7, 11) is 1.68. The molecule has 0 saturated carbocycles. The highest BCUT2D eigenvalue weighted by Gasteiger charge is 2.13. The molecule has 7 heteroatoms. The summed E-state index contributed by atoms with van der Waals surface area (Å²) in [4.78, 5) is 13.5. The van der Waals surface area contributed by atoms with Crippen molar-refractivity contribution < 1.29 is 4.79 Å². The van der Waals surface area contributed by atoms with Crippen LogP contribution in [0.5, 0.6) is 0 Å². The van der Waals surface area contributed by atoms with E-state index < -0.39 is 0 Å². The van der Waals surface area contributed by atoms with Crippen LogP contribution in [-0.4, -0.2) is 39.0 Å². The normalized spacial score (nSPS) is 9.79. The first kappa shape index (κ1) is 11.0. The summed E-state index contributed by atoms with van der Waals surface area (Å²) in [6.07, 6.45) is 0.523. The summed E-state index contributed by atoms with van der Waals surface area (Å²) in [5, 5.41) is 5.29. The first-order valence-corrected chi connectivity index (χ1v) is 5.16. The molecule has 1 aromatic heterocycles. The van der Waals surface area contributed by atoms with Gasteiger partial charge in [0, 0.05) is 25.4 Å². The standard InChI is InChI=1S/C7H10N4OS2/c1-11(3-2-6(8)13)7(12)5-4-14-10-9-5/h4H,2-3H2,1H3,(H2,8,13). The van der Waals surface area contributed by atoms with Gasteiger partial charge in [-0.3, -0.25) is 4.79 Å². The van der Waals surface area contributed by atoms with E-state index in [1.54, 1.807) is 12.4 Å². The number of rotatable bonds is 4. The topological polar surface area (TPSA) is 72.1 Å². The van der Waals surface area contributed by atoms with Gasteiger partial charge in [0.2, 0.25) is 0 Å². The van der Waals surface area contributed by atoms with Crippen LogP contribution >= 0.6 is 23.8 Å². The minimum Gasteiger partial charge on any atom is -0.393 e. The molecule has 14 heavy (non-hydrogen) atoms. The Hall–Kier alpha value is -1.08. The van der Waals surface area contributed by atoms with Gasteiger partial charge in [0.05, 0.1) is 4.99 Å². The van der Waals surface area contributed by atoms with E-state index >= 15 is 0 Å². The number of nitrogens with two attached hydrogens (primary N) is 1. The van der Waals surface area contributed by atoms with Crippen molar-refractivity contribution in [2.45, 2.75) is 6.42 Å². The van der Waals surface area contributed by atoms with Gasteiger partial charge < -0.3 is 10.6 Å². The summed E-state index contributed by atoms with van der Waals surface area (Å²) in [5.74, 6) is -0.157. The van der Waals surface area contributed by atoms with Crippen molar-refractivity contribution in [3.63, 3.8) is 0 Å². The molecule has 0 aliphatic carbocycles. The number of nitrogens with zero attached hydrogens (tertiary/aromatic N) is 3. The number of amides is 1. The lowest BCUT2D eigenvalue weighted by molar-refractivity contribution is 0.0793. The summed E-state index contributed by atoms with van der Waals surface area (Å²) in [6, 6.07) is 0. The number of hydrogen-bond acceptors (Lipinski definition) is 5. The molecule has 0 fully saturated rings. The van der Waals surface area contributed by atoms with Crippen molar-refractivity contribution in [2.75, 3.05) is 13.6 Å². The van der Waals surface area contributed by atoms with Gasteiger partial charge in [-0.1, -0.05) is 16.7 Å². The van der Waals surface area contributed by atoms with Gasteiger partial charge in [-0.05, 0) is 11.5 Å². The van der Waals surface area contributed by atoms with Crippen molar-refractivity contribution >= 4 is 34.6 Å². The van der Waals surface area contributed by atoms with E-state index in [-0.39, 0.29) is 5.91 Å². The number of aromatic nitrogens is 2. The molecule has 0 unspecified atom stereocenters. The van der Waals surface area contributed by atoms with Crippen LogP contribution in [0, 0.1) is 0 Å². The number of carbonyl (C=O) groups is 1. The minimum atomic E-state index is -0.157. The van der Waals surface area contributed by atoms with Crippen LogP contribution in [0.1, 0.15) is 16.9 Å². The lowest BCUT2D eigenvalue weighted by Gasteiger charge is -2.14. The Kier molecular flexibility index (Phi) is 3.90. The maximum Gasteiger partial charge on any atom is 0.275 e. The molecule has 1 aromatic rings. The molecule has 1 heterocycles. The van der Waals surface area contributed by atoms with E-state index in [2.05, 4.69) is 9.59 Å². The van der Waals surface area contributed by atoms with Crippen LogP contribution in [-0.2, 0) is 0 Å². The summed E-state index contributed by atoms with van der Waals surface area (Å²) >= 11 is 5.87. The Balaban J connectivity index is 2.49. The molecule has 76 valence electrons. The molecule has 0 radical (unpaired) electrons. The molecule has 0 saturated heterocycles. The summed E-state index contributed by atoms with van der Waals surface area (Å²) in [5.41, 5.74) is 5.69. The molecule has 1 amide bonds. The summed E-state index contributed by atoms with van der Waals surface area (Å²) in [6.45, 7) is 0.506. The Morgan fingerprint density at radius 3 is 3.00 bits per heavy atom. The maximum absolute atomic E-state index is 11.6. The van der Waals surface area contributed by atoms with Crippen LogP contribution in [0.25, 0.3) is 0 Å². The van der Waals surface area contributed by atoms with Gasteiger partial charge in [0.15, 0.2) is 5.69 Å². The van der Waals surface area contributed by atoms with Crippen molar-refractivity contribution in [3.05, 3.63) is 11.1 Å². The van der Waals surface area contributed by atoms with E-state index in [0.29, 0.717) is 23.6 Å². The van der Waals surface area contributed by atoms with Crippen molar-refractivity contribution in [2.24, 2.45) is 5.73 Å². The van der Waals surface area contributed by atoms with E-state index in [0.717, 1.165) is 11.5 Å². The first-order valence-electron chi connectivity index (χ1n) is 3.92. The number of hydrogen-bond donors (Lipinski definition) is 1. The van der Waals surface area contributed by atoms with Crippen LogP contribution in [0.2, 0.25) is 0 Å². The van der Waals surface area contributed by atoms with Crippen molar-refractivity contribution in [1.82, 2.24) is 14.5 Å². The smallest absolute Gasteiger partial charge is 0.275 e. The molecule has 0 aromatic carbocycles. The van der Waals surface area contributed by atoms with E-state index in [1.807, 2.05) is 0 Å². The molecule has 5 nitrogen and oxygen atoms in total. The van der Waals surface area contributed by atoms with Crippen LogP contribution in [0.15, 0.2) is 5.38 Å². The second-order valence-corrected chi connectivity index (χ2v) is 3.87. The van der Waals surface area contributed by atoms with Gasteiger partial charge in [0.25, 0.3) is 5.91 Å². The largest absolute Gasteiger partial charge is 0.393 e. The zero-order valence-corrected chi connectivity index (χ0v) is 9.27. The van der Waals surface area contributed by atoms with E-state index in [9.17, 15) is 4.79 Å². The van der Waals surface area contributed by atoms with Crippen LogP contribution in [0.3, 0.4) is 0 Å². The Labute approximate surface area is 91.1 Å². The highest BCUT2D eigenvalue weighted by Crippen LogP contribution is 2.02. The van der Waals surface area contributed by atoms with E-state index in [1.165, 1.54) is 4.90 Å². The maximum atomic E-state index is 11.6. The van der Waals surface area contributed by atoms with Crippen LogP contribution < -0.4 is 5.73 Å². The fourth-order valence-electron chi connectivity index (χ4n) is 0.833. The number of thiocarbonyl (C=S) groups is 1. The third-order valence-corrected chi connectivity index (χ3v) is 2.33. The molecular formula is C7H10N4OS2. The molecule has 1 rings (SSSR count). The number of carbonyl (C=O) groups excluding carboxylic acids is 1. The quantitative estimate of drug-likeness (QED) is 0.752. The second kappa shape index (κ2) is 4.97. The SMILES string of the molecule is CN(CCC(N)=S)C(=O)c1csnn1. The molecule has 0 bridgehead atoms. The Morgan fingerprint density at radius 2 is 2.50 bits per heavy atom. The average Bonchev–Trinajstić information content (AvgIpc) is 2.65.